The molecule has 2 atom stereocenters. The fraction of sp³-hybridized carbons (Fsp3) is 0.385. The molecule has 0 radical (unpaired) electrons. The number of hydrogen-bond acceptors (Lipinski definition) is 2. The number of carbonyl (C=O) groups is 1. The Kier molecular flexibility index (Phi) is 3.43. The first-order valence-corrected chi connectivity index (χ1v) is 6.16. The van der Waals surface area contributed by atoms with Gasteiger partial charge in [0.05, 0.1) is 12.1 Å². The highest BCUT2D eigenvalue weighted by Crippen LogP contribution is 2.17. The molecule has 2 amide bonds. The second-order valence-corrected chi connectivity index (χ2v) is 5.04. The third-order valence-corrected chi connectivity index (χ3v) is 3.49. The first-order valence-electron chi connectivity index (χ1n) is 5.76. The summed E-state index contributed by atoms with van der Waals surface area (Å²) in [7, 11) is 0. The Morgan fingerprint density at radius 1 is 1.24 bits per heavy atom. The Hall–Kier alpha value is -1.42. The lowest BCUT2D eigenvalue weighted by atomic mass is 9.93. The van der Waals surface area contributed by atoms with Crippen LogP contribution in [-0.4, -0.2) is 23.0 Å². The van der Waals surface area contributed by atoms with Crippen molar-refractivity contribution >= 4 is 23.1 Å². The van der Waals surface area contributed by atoms with Crippen LogP contribution in [0.15, 0.2) is 30.3 Å². The van der Waals surface area contributed by atoms with Crippen molar-refractivity contribution < 1.29 is 4.79 Å². The molecule has 17 heavy (non-hydrogen) atoms. The molecule has 3 nitrogen and oxygen atoms in total. The third kappa shape index (κ3) is 2.47. The molecule has 1 saturated heterocycles. The average molecular weight is 248 g/mol. The van der Waals surface area contributed by atoms with Gasteiger partial charge in [-0.2, -0.15) is 0 Å². The monoisotopic (exact) mass is 248 g/mol. The molecule has 0 aliphatic carbocycles. The van der Waals surface area contributed by atoms with Gasteiger partial charge in [0.2, 0.25) is 0 Å². The van der Waals surface area contributed by atoms with Crippen molar-refractivity contribution in [2.24, 2.45) is 5.92 Å². The predicted octanol–water partition coefficient (Wildman–Crippen LogP) is 2.11. The Bertz CT molecular complexity index is 430. The molecular weight excluding hydrogens is 232 g/mol. The SMILES string of the molecule is CC(C)C1NC(=O)NC1C(=S)c1ccccc1. The normalized spacial score (nSPS) is 23.4. The third-order valence-electron chi connectivity index (χ3n) is 3.00. The lowest BCUT2D eigenvalue weighted by Crippen LogP contribution is -2.43. The van der Waals surface area contributed by atoms with Crippen molar-refractivity contribution in [3.8, 4) is 0 Å². The molecule has 1 heterocycles. The molecule has 0 bridgehead atoms. The van der Waals surface area contributed by atoms with Crippen LogP contribution in [0.4, 0.5) is 4.79 Å². The predicted molar refractivity (Wildman–Crippen MR) is 72.2 cm³/mol. The Morgan fingerprint density at radius 2 is 1.88 bits per heavy atom. The molecule has 1 aliphatic rings. The summed E-state index contributed by atoms with van der Waals surface area (Å²) in [6.07, 6.45) is 0. The molecule has 0 saturated carbocycles. The number of benzene rings is 1. The first kappa shape index (κ1) is 12.0. The summed E-state index contributed by atoms with van der Waals surface area (Å²) in [5.41, 5.74) is 1.00. The van der Waals surface area contributed by atoms with Crippen molar-refractivity contribution in [2.45, 2.75) is 25.9 Å². The number of urea groups is 1. The van der Waals surface area contributed by atoms with Crippen LogP contribution in [0, 0.1) is 5.92 Å². The van der Waals surface area contributed by atoms with E-state index < -0.39 is 0 Å². The zero-order valence-electron chi connectivity index (χ0n) is 9.94. The van der Waals surface area contributed by atoms with Crippen molar-refractivity contribution in [3.05, 3.63) is 35.9 Å². The van der Waals surface area contributed by atoms with E-state index in [2.05, 4.69) is 24.5 Å². The second kappa shape index (κ2) is 4.84. The van der Waals surface area contributed by atoms with Gasteiger partial charge in [-0.3, -0.25) is 0 Å². The van der Waals surface area contributed by atoms with E-state index in [0.29, 0.717) is 5.92 Å². The van der Waals surface area contributed by atoms with E-state index in [1.807, 2.05) is 30.3 Å². The van der Waals surface area contributed by atoms with Crippen LogP contribution in [-0.2, 0) is 0 Å². The first-order chi connectivity index (χ1) is 8.09. The number of amides is 2. The van der Waals surface area contributed by atoms with Crippen molar-refractivity contribution in [3.63, 3.8) is 0 Å². The quantitative estimate of drug-likeness (QED) is 0.635. The molecular formula is C13H16N2OS. The number of carbonyl (C=O) groups excluding carboxylic acids is 1. The van der Waals surface area contributed by atoms with Crippen LogP contribution < -0.4 is 10.6 Å². The Morgan fingerprint density at radius 3 is 2.47 bits per heavy atom. The average Bonchev–Trinajstić information content (AvgIpc) is 2.72. The number of hydrogen-bond donors (Lipinski definition) is 2. The fourth-order valence-corrected chi connectivity index (χ4v) is 2.41. The maximum atomic E-state index is 11.4. The van der Waals surface area contributed by atoms with Gasteiger partial charge in [0.25, 0.3) is 0 Å². The lowest BCUT2D eigenvalue weighted by molar-refractivity contribution is 0.246. The van der Waals surface area contributed by atoms with E-state index in [0.717, 1.165) is 10.4 Å². The van der Waals surface area contributed by atoms with E-state index in [1.54, 1.807) is 0 Å². The molecule has 90 valence electrons. The number of rotatable bonds is 3. The van der Waals surface area contributed by atoms with E-state index in [1.165, 1.54) is 0 Å². The van der Waals surface area contributed by atoms with E-state index in [4.69, 9.17) is 12.2 Å². The van der Waals surface area contributed by atoms with Gasteiger partial charge in [-0.1, -0.05) is 56.4 Å². The van der Waals surface area contributed by atoms with E-state index in [-0.39, 0.29) is 18.1 Å². The highest BCUT2D eigenvalue weighted by atomic mass is 32.1. The topological polar surface area (TPSA) is 41.1 Å². The molecule has 2 unspecified atom stereocenters. The summed E-state index contributed by atoms with van der Waals surface area (Å²) < 4.78 is 0. The minimum absolute atomic E-state index is 0.0650. The van der Waals surface area contributed by atoms with Crippen LogP contribution >= 0.6 is 12.2 Å². The van der Waals surface area contributed by atoms with Gasteiger partial charge in [-0.25, -0.2) is 4.79 Å². The Labute approximate surface area is 107 Å². The fourth-order valence-electron chi connectivity index (χ4n) is 2.07. The molecule has 4 heteroatoms. The lowest BCUT2D eigenvalue weighted by Gasteiger charge is -2.22. The molecule has 2 rings (SSSR count). The van der Waals surface area contributed by atoms with Crippen LogP contribution in [0.25, 0.3) is 0 Å². The van der Waals surface area contributed by atoms with Gasteiger partial charge in [0.15, 0.2) is 0 Å². The summed E-state index contributed by atoms with van der Waals surface area (Å²) >= 11 is 5.47. The van der Waals surface area contributed by atoms with Crippen molar-refractivity contribution in [1.82, 2.24) is 10.6 Å². The molecule has 0 aromatic heterocycles. The zero-order chi connectivity index (χ0) is 12.4. The largest absolute Gasteiger partial charge is 0.333 e. The molecule has 1 aromatic rings. The van der Waals surface area contributed by atoms with Gasteiger partial charge in [-0.05, 0) is 11.5 Å². The van der Waals surface area contributed by atoms with Gasteiger partial charge >= 0.3 is 6.03 Å². The van der Waals surface area contributed by atoms with Gasteiger partial charge in [0.1, 0.15) is 0 Å². The van der Waals surface area contributed by atoms with Crippen LogP contribution in [0.3, 0.4) is 0 Å². The van der Waals surface area contributed by atoms with Crippen LogP contribution in [0.2, 0.25) is 0 Å². The summed E-state index contributed by atoms with van der Waals surface area (Å²) in [5.74, 6) is 0.348. The molecule has 0 spiro atoms. The van der Waals surface area contributed by atoms with Crippen LogP contribution in [0.1, 0.15) is 19.4 Å². The summed E-state index contributed by atoms with van der Waals surface area (Å²) in [5, 5.41) is 5.81. The van der Waals surface area contributed by atoms with Gasteiger partial charge < -0.3 is 10.6 Å². The van der Waals surface area contributed by atoms with Crippen molar-refractivity contribution in [1.29, 1.82) is 0 Å². The van der Waals surface area contributed by atoms with Gasteiger partial charge in [-0.15, -0.1) is 0 Å². The number of thiocarbonyl (C=S) groups is 1. The summed E-state index contributed by atoms with van der Waals surface area (Å²) in [4.78, 5) is 12.2. The summed E-state index contributed by atoms with van der Waals surface area (Å²) in [6, 6.07) is 9.65. The Balaban J connectivity index is 2.22. The minimum Gasteiger partial charge on any atom is -0.333 e. The smallest absolute Gasteiger partial charge is 0.315 e. The molecule has 1 aromatic carbocycles. The van der Waals surface area contributed by atoms with Crippen LogP contribution in [0.5, 0.6) is 0 Å². The minimum atomic E-state index is -0.132. The summed E-state index contributed by atoms with van der Waals surface area (Å²) in [6.45, 7) is 4.16. The van der Waals surface area contributed by atoms with Crippen molar-refractivity contribution in [2.75, 3.05) is 0 Å². The second-order valence-electron chi connectivity index (χ2n) is 4.60. The highest BCUT2D eigenvalue weighted by molar-refractivity contribution is 7.81. The molecule has 2 N–H and O–H groups in total. The zero-order valence-corrected chi connectivity index (χ0v) is 10.8. The maximum Gasteiger partial charge on any atom is 0.315 e. The standard InChI is InChI=1S/C13H16N2OS/c1-8(2)10-11(15-13(16)14-10)12(17)9-6-4-3-5-7-9/h3-8,10-11H,1-2H3,(H2,14,15,16). The van der Waals surface area contributed by atoms with E-state index in [9.17, 15) is 4.79 Å². The van der Waals surface area contributed by atoms with E-state index >= 15 is 0 Å². The highest BCUT2D eigenvalue weighted by Gasteiger charge is 2.36. The molecule has 1 fully saturated rings. The maximum absolute atomic E-state index is 11.4. The molecule has 1 aliphatic heterocycles. The van der Waals surface area contributed by atoms with Gasteiger partial charge in [0, 0.05) is 4.86 Å². The number of nitrogens with one attached hydrogen (secondary N) is 2.